The van der Waals surface area contributed by atoms with Gasteiger partial charge in [-0.25, -0.2) is 9.18 Å². The van der Waals surface area contributed by atoms with Crippen LogP contribution in [0.4, 0.5) is 10.1 Å². The van der Waals surface area contributed by atoms with Crippen LogP contribution in [0.2, 0.25) is 0 Å². The Balaban J connectivity index is 2.05. The van der Waals surface area contributed by atoms with E-state index in [0.29, 0.717) is 34.9 Å². The van der Waals surface area contributed by atoms with Crippen LogP contribution in [0.25, 0.3) is 10.9 Å². The molecule has 2 aliphatic rings. The number of ether oxygens (including phenoxy) is 1. The van der Waals surface area contributed by atoms with E-state index in [0.717, 1.165) is 18.9 Å². The van der Waals surface area contributed by atoms with Gasteiger partial charge in [-0.15, -0.1) is 0 Å². The fourth-order valence-electron chi connectivity index (χ4n) is 3.83. The van der Waals surface area contributed by atoms with E-state index in [9.17, 15) is 14.0 Å². The van der Waals surface area contributed by atoms with Crippen molar-refractivity contribution in [2.45, 2.75) is 25.8 Å². The van der Waals surface area contributed by atoms with Crippen LogP contribution in [0, 0.1) is 18.7 Å². The van der Waals surface area contributed by atoms with Crippen molar-refractivity contribution in [1.82, 2.24) is 9.24 Å². The number of nitrogens with zero attached hydrogens (tertiary/aromatic N) is 3. The Morgan fingerprint density at radius 1 is 1.44 bits per heavy atom. The van der Waals surface area contributed by atoms with Gasteiger partial charge >= 0.3 is 5.69 Å². The molecule has 2 aliphatic heterocycles. The van der Waals surface area contributed by atoms with Crippen LogP contribution in [0.3, 0.4) is 0 Å². The second-order valence-electron chi connectivity index (χ2n) is 6.81. The Morgan fingerprint density at radius 2 is 2.20 bits per heavy atom. The van der Waals surface area contributed by atoms with Crippen molar-refractivity contribution in [1.29, 1.82) is 0 Å². The summed E-state index contributed by atoms with van der Waals surface area (Å²) in [5, 5.41) is 0.0535. The third kappa shape index (κ3) is 2.16. The molecule has 133 valence electrons. The molecule has 1 radical (unpaired) electrons. The highest BCUT2D eigenvalue weighted by molar-refractivity contribution is 5.91. The quantitative estimate of drug-likeness (QED) is 0.820. The second-order valence-corrected chi connectivity index (χ2v) is 6.81. The predicted molar refractivity (Wildman–Crippen MR) is 93.1 cm³/mol. The van der Waals surface area contributed by atoms with E-state index in [-0.39, 0.29) is 23.8 Å². The lowest BCUT2D eigenvalue weighted by Crippen LogP contribution is -2.47. The number of hydrogen-bond donors (Lipinski definition) is 1. The fraction of sp³-hybridized carbons (Fsp3) is 0.471. The first kappa shape index (κ1) is 16.0. The van der Waals surface area contributed by atoms with Crippen molar-refractivity contribution < 1.29 is 9.13 Å². The van der Waals surface area contributed by atoms with Crippen molar-refractivity contribution in [2.75, 3.05) is 30.4 Å². The van der Waals surface area contributed by atoms with E-state index in [1.807, 2.05) is 4.90 Å². The number of halogens is 1. The van der Waals surface area contributed by atoms with E-state index < -0.39 is 17.1 Å². The number of anilines is 1. The van der Waals surface area contributed by atoms with Crippen LogP contribution in [0.1, 0.15) is 25.8 Å². The summed E-state index contributed by atoms with van der Waals surface area (Å²) in [5.41, 5.74) is -0.704. The number of nitrogen functional groups attached to an aromatic ring is 1. The summed E-state index contributed by atoms with van der Waals surface area (Å²) < 4.78 is 22.7. The normalized spacial score (nSPS) is 22.4. The van der Waals surface area contributed by atoms with E-state index in [1.165, 1.54) is 4.57 Å². The van der Waals surface area contributed by atoms with Gasteiger partial charge in [0, 0.05) is 13.1 Å². The van der Waals surface area contributed by atoms with Gasteiger partial charge in [-0.2, -0.15) is 4.68 Å². The predicted octanol–water partition coefficient (Wildman–Crippen LogP) is 1.02. The molecule has 2 atom stereocenters. The first-order valence-corrected chi connectivity index (χ1v) is 8.39. The smallest absolute Gasteiger partial charge is 0.350 e. The third-order valence-corrected chi connectivity index (χ3v) is 5.20. The lowest BCUT2D eigenvalue weighted by Gasteiger charge is -2.30. The van der Waals surface area contributed by atoms with Gasteiger partial charge < -0.3 is 15.5 Å². The highest BCUT2D eigenvalue weighted by Crippen LogP contribution is 2.42. The highest BCUT2D eigenvalue weighted by atomic mass is 19.1. The molecule has 0 aliphatic carbocycles. The van der Waals surface area contributed by atoms with Crippen molar-refractivity contribution in [3.8, 4) is 5.75 Å². The summed E-state index contributed by atoms with van der Waals surface area (Å²) in [6.07, 6.45) is 1.70. The lowest BCUT2D eigenvalue weighted by molar-refractivity contribution is 0.241. The van der Waals surface area contributed by atoms with Gasteiger partial charge in [0.15, 0.2) is 11.6 Å². The van der Waals surface area contributed by atoms with E-state index in [1.54, 1.807) is 6.92 Å². The van der Waals surface area contributed by atoms with Gasteiger partial charge in [-0.1, -0.05) is 6.92 Å². The summed E-state index contributed by atoms with van der Waals surface area (Å²) in [5.74, 6) is 5.71. The van der Waals surface area contributed by atoms with Crippen LogP contribution in [0.15, 0.2) is 15.7 Å². The van der Waals surface area contributed by atoms with Gasteiger partial charge in [0.1, 0.15) is 17.8 Å². The Morgan fingerprint density at radius 3 is 2.88 bits per heavy atom. The number of nitrogens with two attached hydrogens (primary N) is 1. The van der Waals surface area contributed by atoms with Gasteiger partial charge in [-0.05, 0) is 31.7 Å². The molecule has 0 spiro atoms. The fourth-order valence-corrected chi connectivity index (χ4v) is 3.83. The maximum absolute atomic E-state index is 14.9. The molecule has 1 saturated heterocycles. The zero-order valence-electron chi connectivity index (χ0n) is 14.0. The first-order valence-electron chi connectivity index (χ1n) is 8.39. The minimum atomic E-state index is -0.724. The van der Waals surface area contributed by atoms with Crippen LogP contribution in [-0.2, 0) is 0 Å². The third-order valence-electron chi connectivity index (χ3n) is 5.20. The maximum Gasteiger partial charge on any atom is 0.350 e. The van der Waals surface area contributed by atoms with E-state index in [2.05, 4.69) is 6.92 Å². The first-order chi connectivity index (χ1) is 11.9. The summed E-state index contributed by atoms with van der Waals surface area (Å²) in [7, 11) is 0. The minimum Gasteiger partial charge on any atom is -0.487 e. The number of rotatable bonds is 2. The average molecular weight is 347 g/mol. The monoisotopic (exact) mass is 347 g/mol. The van der Waals surface area contributed by atoms with Crippen molar-refractivity contribution in [3.05, 3.63) is 39.6 Å². The van der Waals surface area contributed by atoms with Crippen LogP contribution < -0.4 is 26.7 Å². The Hall–Kier alpha value is -2.51. The topological polar surface area (TPSA) is 82.5 Å². The largest absolute Gasteiger partial charge is 0.487 e. The highest BCUT2D eigenvalue weighted by Gasteiger charge is 2.33. The van der Waals surface area contributed by atoms with Crippen LogP contribution in [0.5, 0.6) is 5.75 Å². The van der Waals surface area contributed by atoms with Gasteiger partial charge in [-0.3, -0.25) is 9.36 Å². The number of hydrogen-bond acceptors (Lipinski definition) is 5. The minimum absolute atomic E-state index is 0.0535. The van der Waals surface area contributed by atoms with Crippen LogP contribution in [-0.4, -0.2) is 28.9 Å². The molecular formula is C17H20FN4O3. The lowest BCUT2D eigenvalue weighted by atomic mass is 10.1. The molecule has 4 rings (SSSR count). The summed E-state index contributed by atoms with van der Waals surface area (Å²) in [4.78, 5) is 26.8. The molecule has 2 N–H and O–H groups in total. The summed E-state index contributed by atoms with van der Waals surface area (Å²) in [6, 6.07) is 0.858. The molecule has 7 nitrogen and oxygen atoms in total. The molecule has 0 saturated carbocycles. The molecule has 1 fully saturated rings. The summed E-state index contributed by atoms with van der Waals surface area (Å²) >= 11 is 0. The molecule has 1 aromatic carbocycles. The maximum atomic E-state index is 14.9. The van der Waals surface area contributed by atoms with Gasteiger partial charge in [0.25, 0.3) is 5.56 Å². The molecule has 0 unspecified atom stereocenters. The Labute approximate surface area is 143 Å². The van der Waals surface area contributed by atoms with Crippen molar-refractivity contribution in [3.63, 3.8) is 0 Å². The molecule has 8 heteroatoms. The zero-order chi connectivity index (χ0) is 17.9. The number of aromatic nitrogens is 2. The molecule has 3 heterocycles. The van der Waals surface area contributed by atoms with E-state index >= 15 is 0 Å². The van der Waals surface area contributed by atoms with Crippen LogP contribution >= 0.6 is 0 Å². The van der Waals surface area contributed by atoms with Gasteiger partial charge in [0.2, 0.25) is 0 Å². The molecule has 25 heavy (non-hydrogen) atoms. The molecule has 0 bridgehead atoms. The molecule has 0 amide bonds. The standard InChI is InChI=1S/C17H20FN4O3/c1-3-10-4-5-20(7-10)14-12(18)6-11-13-15(14)25-8-9(2)21(13)17(24)22(19)16(11)23/h6,9-10H,1,3-5,7-8,19H2,2H3/t9-,10+/m1/s1. The summed E-state index contributed by atoms with van der Waals surface area (Å²) in [6.45, 7) is 7.30. The molecule has 1 aromatic heterocycles. The Bertz CT molecular complexity index is 981. The van der Waals surface area contributed by atoms with Crippen molar-refractivity contribution in [2.24, 2.45) is 5.92 Å². The van der Waals surface area contributed by atoms with Crippen molar-refractivity contribution >= 4 is 16.6 Å². The zero-order valence-corrected chi connectivity index (χ0v) is 14.0. The number of benzene rings is 1. The second kappa shape index (κ2) is 5.50. The Kier molecular flexibility index (Phi) is 3.52. The van der Waals surface area contributed by atoms with E-state index in [4.69, 9.17) is 10.6 Å². The average Bonchev–Trinajstić information content (AvgIpc) is 3.07. The molecular weight excluding hydrogens is 327 g/mol. The van der Waals surface area contributed by atoms with Gasteiger partial charge in [0.05, 0.1) is 11.4 Å². The SMILES string of the molecule is [CH2]C[C@H]1CCN(c2c(F)cc3c(=O)n(N)c(=O)n4c3c2OC[C@H]4C)C1. The molecule has 2 aromatic rings.